The molecule has 1 fully saturated rings. The standard InChI is InChI=1S/C16H16FN3O2/c17-13-6-7-15(20(21)22)16(12-13)19-10-8-18(9-11-19)14-4-2-1-3-5-14/h1-7,12H,8-11H2. The molecule has 5 nitrogen and oxygen atoms in total. The number of nitrogens with zero attached hydrogens (tertiary/aromatic N) is 3. The van der Waals surface area contributed by atoms with Crippen LogP contribution in [0.5, 0.6) is 0 Å². The predicted octanol–water partition coefficient (Wildman–Crippen LogP) is 3.06. The summed E-state index contributed by atoms with van der Waals surface area (Å²) in [4.78, 5) is 14.7. The Labute approximate surface area is 127 Å². The molecule has 1 heterocycles. The maximum atomic E-state index is 13.4. The second-order valence-corrected chi connectivity index (χ2v) is 5.20. The first kappa shape index (κ1) is 14.3. The van der Waals surface area contributed by atoms with E-state index in [0.717, 1.165) is 24.8 Å². The number of hydrogen-bond acceptors (Lipinski definition) is 4. The average Bonchev–Trinajstić information content (AvgIpc) is 2.55. The van der Waals surface area contributed by atoms with Crippen molar-refractivity contribution in [3.05, 3.63) is 64.5 Å². The number of halogens is 1. The van der Waals surface area contributed by atoms with Crippen LogP contribution in [0.25, 0.3) is 0 Å². The van der Waals surface area contributed by atoms with Gasteiger partial charge in [-0.05, 0) is 18.2 Å². The van der Waals surface area contributed by atoms with Crippen LogP contribution < -0.4 is 9.80 Å². The number of rotatable bonds is 3. The highest BCUT2D eigenvalue weighted by Crippen LogP contribution is 2.30. The van der Waals surface area contributed by atoms with E-state index in [1.807, 2.05) is 35.2 Å². The monoisotopic (exact) mass is 301 g/mol. The summed E-state index contributed by atoms with van der Waals surface area (Å²) in [6.45, 7) is 2.74. The van der Waals surface area contributed by atoms with Crippen molar-refractivity contribution in [1.82, 2.24) is 0 Å². The molecule has 6 heteroatoms. The van der Waals surface area contributed by atoms with Gasteiger partial charge in [0.25, 0.3) is 5.69 Å². The Balaban J connectivity index is 1.77. The van der Waals surface area contributed by atoms with Crippen LogP contribution in [-0.4, -0.2) is 31.1 Å². The lowest BCUT2D eigenvalue weighted by molar-refractivity contribution is -0.384. The van der Waals surface area contributed by atoms with Crippen molar-refractivity contribution in [1.29, 1.82) is 0 Å². The maximum absolute atomic E-state index is 13.4. The number of anilines is 2. The lowest BCUT2D eigenvalue weighted by Gasteiger charge is -2.37. The third kappa shape index (κ3) is 2.86. The summed E-state index contributed by atoms with van der Waals surface area (Å²) in [5.41, 5.74) is 1.45. The molecule has 114 valence electrons. The lowest BCUT2D eigenvalue weighted by atomic mass is 10.2. The van der Waals surface area contributed by atoms with Crippen LogP contribution in [0.2, 0.25) is 0 Å². The number of hydrogen-bond donors (Lipinski definition) is 0. The van der Waals surface area contributed by atoms with Crippen LogP contribution in [0.4, 0.5) is 21.5 Å². The zero-order valence-electron chi connectivity index (χ0n) is 12.0. The average molecular weight is 301 g/mol. The number of para-hydroxylation sites is 1. The van der Waals surface area contributed by atoms with E-state index in [1.165, 1.54) is 12.1 Å². The molecule has 0 saturated carbocycles. The van der Waals surface area contributed by atoms with Crippen LogP contribution in [-0.2, 0) is 0 Å². The molecule has 0 N–H and O–H groups in total. The molecule has 0 aliphatic carbocycles. The van der Waals surface area contributed by atoms with Crippen molar-refractivity contribution in [3.63, 3.8) is 0 Å². The third-order valence-corrected chi connectivity index (χ3v) is 3.88. The summed E-state index contributed by atoms with van der Waals surface area (Å²) in [5, 5.41) is 11.1. The second-order valence-electron chi connectivity index (χ2n) is 5.20. The van der Waals surface area contributed by atoms with Crippen molar-refractivity contribution in [2.45, 2.75) is 0 Å². The lowest BCUT2D eigenvalue weighted by Crippen LogP contribution is -2.46. The first-order valence-electron chi connectivity index (χ1n) is 7.14. The third-order valence-electron chi connectivity index (χ3n) is 3.88. The minimum absolute atomic E-state index is 0.0467. The molecule has 1 saturated heterocycles. The Morgan fingerprint density at radius 1 is 0.955 bits per heavy atom. The molecule has 0 radical (unpaired) electrons. The smallest absolute Gasteiger partial charge is 0.292 e. The van der Waals surface area contributed by atoms with Crippen molar-refractivity contribution >= 4 is 17.1 Å². The molecule has 0 atom stereocenters. The molecule has 0 amide bonds. The molecule has 0 unspecified atom stereocenters. The number of piperazine rings is 1. The number of benzene rings is 2. The first-order valence-corrected chi connectivity index (χ1v) is 7.14. The van der Waals surface area contributed by atoms with E-state index < -0.39 is 10.7 Å². The van der Waals surface area contributed by atoms with Crippen LogP contribution >= 0.6 is 0 Å². The minimum atomic E-state index is -0.460. The maximum Gasteiger partial charge on any atom is 0.292 e. The predicted molar refractivity (Wildman–Crippen MR) is 83.9 cm³/mol. The highest BCUT2D eigenvalue weighted by Gasteiger charge is 2.24. The molecule has 22 heavy (non-hydrogen) atoms. The van der Waals surface area contributed by atoms with Crippen LogP contribution in [0.15, 0.2) is 48.5 Å². The zero-order valence-corrected chi connectivity index (χ0v) is 12.0. The first-order chi connectivity index (χ1) is 10.6. The second kappa shape index (κ2) is 6.01. The summed E-state index contributed by atoms with van der Waals surface area (Å²) < 4.78 is 13.4. The topological polar surface area (TPSA) is 49.6 Å². The summed E-state index contributed by atoms with van der Waals surface area (Å²) >= 11 is 0. The highest BCUT2D eigenvalue weighted by atomic mass is 19.1. The largest absolute Gasteiger partial charge is 0.368 e. The van der Waals surface area contributed by atoms with E-state index in [1.54, 1.807) is 0 Å². The summed E-state index contributed by atoms with van der Waals surface area (Å²) in [6.07, 6.45) is 0. The van der Waals surface area contributed by atoms with E-state index in [-0.39, 0.29) is 5.69 Å². The molecule has 3 rings (SSSR count). The van der Waals surface area contributed by atoms with E-state index in [9.17, 15) is 14.5 Å². The highest BCUT2D eigenvalue weighted by molar-refractivity contribution is 5.64. The van der Waals surface area contributed by atoms with Gasteiger partial charge in [0.15, 0.2) is 0 Å². The zero-order chi connectivity index (χ0) is 15.5. The summed E-state index contributed by atoms with van der Waals surface area (Å²) in [7, 11) is 0. The Morgan fingerprint density at radius 3 is 2.23 bits per heavy atom. The fourth-order valence-corrected chi connectivity index (χ4v) is 2.75. The van der Waals surface area contributed by atoms with Crippen LogP contribution in [0.1, 0.15) is 0 Å². The van der Waals surface area contributed by atoms with Crippen molar-refractivity contribution in [3.8, 4) is 0 Å². The fraction of sp³-hybridized carbons (Fsp3) is 0.250. The fourth-order valence-electron chi connectivity index (χ4n) is 2.75. The van der Waals surface area contributed by atoms with Gasteiger partial charge in [-0.15, -0.1) is 0 Å². The van der Waals surface area contributed by atoms with Gasteiger partial charge in [0.05, 0.1) is 4.92 Å². The number of nitro groups is 1. The molecule has 1 aliphatic heterocycles. The molecule has 0 spiro atoms. The van der Waals surface area contributed by atoms with Crippen molar-refractivity contribution in [2.75, 3.05) is 36.0 Å². The van der Waals surface area contributed by atoms with Crippen molar-refractivity contribution < 1.29 is 9.31 Å². The van der Waals surface area contributed by atoms with Gasteiger partial charge >= 0.3 is 0 Å². The SMILES string of the molecule is O=[N+]([O-])c1ccc(F)cc1N1CCN(c2ccccc2)CC1. The van der Waals surface area contributed by atoms with Gasteiger partial charge in [-0.25, -0.2) is 4.39 Å². The van der Waals surface area contributed by atoms with Gasteiger partial charge in [-0.1, -0.05) is 18.2 Å². The molecular weight excluding hydrogens is 285 g/mol. The number of nitro benzene ring substituents is 1. The Kier molecular flexibility index (Phi) is 3.91. The van der Waals surface area contributed by atoms with Gasteiger partial charge in [0.1, 0.15) is 11.5 Å². The Morgan fingerprint density at radius 2 is 1.59 bits per heavy atom. The Hall–Kier alpha value is -2.63. The van der Waals surface area contributed by atoms with Gasteiger partial charge in [-0.3, -0.25) is 10.1 Å². The molecule has 2 aromatic rings. The quantitative estimate of drug-likeness (QED) is 0.646. The van der Waals surface area contributed by atoms with Gasteiger partial charge in [-0.2, -0.15) is 0 Å². The van der Waals surface area contributed by atoms with E-state index >= 15 is 0 Å². The van der Waals surface area contributed by atoms with Gasteiger partial charge in [0.2, 0.25) is 0 Å². The molecular formula is C16H16FN3O2. The summed E-state index contributed by atoms with van der Waals surface area (Å²) in [6, 6.07) is 13.6. The molecule has 2 aromatic carbocycles. The van der Waals surface area contributed by atoms with E-state index in [2.05, 4.69) is 4.90 Å². The molecule has 1 aliphatic rings. The van der Waals surface area contributed by atoms with E-state index in [4.69, 9.17) is 0 Å². The molecule has 0 bridgehead atoms. The van der Waals surface area contributed by atoms with Crippen LogP contribution in [0.3, 0.4) is 0 Å². The minimum Gasteiger partial charge on any atom is -0.368 e. The van der Waals surface area contributed by atoms with Gasteiger partial charge < -0.3 is 9.80 Å². The van der Waals surface area contributed by atoms with Crippen LogP contribution in [0, 0.1) is 15.9 Å². The Bertz CT molecular complexity index is 670. The summed E-state index contributed by atoms with van der Waals surface area (Å²) in [5.74, 6) is -0.453. The normalized spacial score (nSPS) is 15.0. The van der Waals surface area contributed by atoms with Crippen molar-refractivity contribution in [2.24, 2.45) is 0 Å². The van der Waals surface area contributed by atoms with E-state index in [0.29, 0.717) is 18.8 Å². The van der Waals surface area contributed by atoms with Gasteiger partial charge in [0, 0.05) is 44.0 Å². The molecule has 0 aromatic heterocycles.